The van der Waals surface area contributed by atoms with Gasteiger partial charge in [-0.2, -0.15) is 0 Å². The Bertz CT molecular complexity index is 1130. The van der Waals surface area contributed by atoms with Gasteiger partial charge in [-0.3, -0.25) is 4.40 Å². The number of hydrogen-bond acceptors (Lipinski definition) is 5. The summed E-state index contributed by atoms with van der Waals surface area (Å²) < 4.78 is 6.64. The largest absolute Gasteiger partial charge is 0.465 e. The monoisotopic (exact) mass is 356 g/mol. The van der Waals surface area contributed by atoms with Crippen LogP contribution in [0.1, 0.15) is 10.4 Å². The lowest BCUT2D eigenvalue weighted by molar-refractivity contribution is 0.0601. The Hall–Kier alpha value is -3.80. The third kappa shape index (κ3) is 3.32. The second kappa shape index (κ2) is 7.21. The Kier molecular flexibility index (Phi) is 4.45. The first-order valence-corrected chi connectivity index (χ1v) is 8.39. The molecule has 0 radical (unpaired) electrons. The Morgan fingerprint density at radius 2 is 1.78 bits per heavy atom. The van der Waals surface area contributed by atoms with E-state index >= 15 is 0 Å². The fourth-order valence-corrected chi connectivity index (χ4v) is 2.79. The molecular formula is C21H16N4O2. The molecule has 2 heterocycles. The molecule has 0 spiro atoms. The summed E-state index contributed by atoms with van der Waals surface area (Å²) in [6, 6.07) is 22.4. The first-order chi connectivity index (χ1) is 13.3. The van der Waals surface area contributed by atoms with E-state index in [1.54, 1.807) is 24.3 Å². The molecule has 4 rings (SSSR count). The predicted molar refractivity (Wildman–Crippen MR) is 103 cm³/mol. The molecule has 0 aliphatic carbocycles. The number of fused-ring (bicyclic) bond motifs is 1. The molecule has 4 aromatic rings. The van der Waals surface area contributed by atoms with Crippen molar-refractivity contribution in [1.82, 2.24) is 9.38 Å². The van der Waals surface area contributed by atoms with Crippen molar-refractivity contribution in [2.45, 2.75) is 0 Å². The summed E-state index contributed by atoms with van der Waals surface area (Å²) in [5.41, 5.74) is 3.47. The number of rotatable bonds is 4. The first-order valence-electron chi connectivity index (χ1n) is 8.39. The number of nitrogens with zero attached hydrogens (tertiary/aromatic N) is 4. The van der Waals surface area contributed by atoms with Gasteiger partial charge in [-0.15, -0.1) is 10.2 Å². The number of methoxy groups -OCH3 is 1. The molecule has 0 aliphatic rings. The molecule has 6 nitrogen and oxygen atoms in total. The number of ether oxygens (including phenoxy) is 1. The fourth-order valence-electron chi connectivity index (χ4n) is 2.79. The van der Waals surface area contributed by atoms with E-state index in [9.17, 15) is 4.79 Å². The van der Waals surface area contributed by atoms with Crippen LogP contribution in [0.5, 0.6) is 0 Å². The topological polar surface area (TPSA) is 68.3 Å². The normalized spacial score (nSPS) is 11.1. The standard InChI is InChI=1S/C21H16N4O2/c1-27-21(26)16-10-7-11-17(14-16)23-24-20-19(15-8-3-2-4-9-15)22-18-12-5-6-13-25(18)20/h2-14H,1H3. The van der Waals surface area contributed by atoms with E-state index in [2.05, 4.69) is 15.2 Å². The maximum atomic E-state index is 11.7. The number of carbonyl (C=O) groups excluding carboxylic acids is 1. The van der Waals surface area contributed by atoms with Crippen LogP contribution in [0.2, 0.25) is 0 Å². The summed E-state index contributed by atoms with van der Waals surface area (Å²) in [6.45, 7) is 0. The molecule has 0 aliphatic heterocycles. The Morgan fingerprint density at radius 3 is 2.59 bits per heavy atom. The highest BCUT2D eigenvalue weighted by atomic mass is 16.5. The molecule has 2 aromatic carbocycles. The number of pyridine rings is 1. The van der Waals surface area contributed by atoms with E-state index in [1.807, 2.05) is 59.1 Å². The van der Waals surface area contributed by atoms with Crippen LogP contribution in [0.3, 0.4) is 0 Å². The van der Waals surface area contributed by atoms with Crippen molar-refractivity contribution in [2.24, 2.45) is 10.2 Å². The molecule has 0 saturated heterocycles. The van der Waals surface area contributed by atoms with E-state index < -0.39 is 5.97 Å². The molecule has 0 amide bonds. The molecule has 132 valence electrons. The smallest absolute Gasteiger partial charge is 0.337 e. The highest BCUT2D eigenvalue weighted by Crippen LogP contribution is 2.32. The lowest BCUT2D eigenvalue weighted by atomic mass is 10.1. The van der Waals surface area contributed by atoms with Crippen LogP contribution in [0.15, 0.2) is 89.2 Å². The Morgan fingerprint density at radius 1 is 0.963 bits per heavy atom. The molecule has 0 unspecified atom stereocenters. The second-order valence-electron chi connectivity index (χ2n) is 5.82. The molecule has 0 fully saturated rings. The molecule has 2 aromatic heterocycles. The van der Waals surface area contributed by atoms with Crippen LogP contribution < -0.4 is 0 Å². The average Bonchev–Trinajstić information content (AvgIpc) is 3.11. The number of hydrogen-bond donors (Lipinski definition) is 0. The molecule has 0 bridgehead atoms. The van der Waals surface area contributed by atoms with Crippen molar-refractivity contribution in [3.05, 3.63) is 84.6 Å². The van der Waals surface area contributed by atoms with E-state index in [4.69, 9.17) is 4.74 Å². The number of benzene rings is 2. The summed E-state index contributed by atoms with van der Waals surface area (Å²) in [4.78, 5) is 16.4. The van der Waals surface area contributed by atoms with Gasteiger partial charge in [0.15, 0.2) is 5.82 Å². The van der Waals surface area contributed by atoms with Crippen LogP contribution >= 0.6 is 0 Å². The van der Waals surface area contributed by atoms with E-state index in [-0.39, 0.29) is 0 Å². The second-order valence-corrected chi connectivity index (χ2v) is 5.82. The zero-order chi connectivity index (χ0) is 18.6. The van der Waals surface area contributed by atoms with Crippen LogP contribution in [0, 0.1) is 0 Å². The van der Waals surface area contributed by atoms with Crippen molar-refractivity contribution in [2.75, 3.05) is 7.11 Å². The Labute approximate surface area is 155 Å². The van der Waals surface area contributed by atoms with Gasteiger partial charge in [0.1, 0.15) is 11.3 Å². The number of esters is 1. The molecule has 0 N–H and O–H groups in total. The van der Waals surface area contributed by atoms with Crippen LogP contribution in [-0.4, -0.2) is 22.5 Å². The van der Waals surface area contributed by atoms with Gasteiger partial charge in [0.05, 0.1) is 18.4 Å². The van der Waals surface area contributed by atoms with Crippen LogP contribution in [-0.2, 0) is 4.74 Å². The third-order valence-corrected chi connectivity index (χ3v) is 4.08. The summed E-state index contributed by atoms with van der Waals surface area (Å²) in [5, 5.41) is 8.76. The SMILES string of the molecule is COC(=O)c1cccc(N=Nc2c(-c3ccccc3)nc3ccccn23)c1. The highest BCUT2D eigenvalue weighted by Gasteiger charge is 2.13. The maximum Gasteiger partial charge on any atom is 0.337 e. The third-order valence-electron chi connectivity index (χ3n) is 4.08. The van der Waals surface area contributed by atoms with Gasteiger partial charge in [-0.25, -0.2) is 9.78 Å². The average molecular weight is 356 g/mol. The number of azo groups is 1. The lowest BCUT2D eigenvalue weighted by Crippen LogP contribution is -1.99. The van der Waals surface area contributed by atoms with Crippen molar-refractivity contribution in [3.8, 4) is 11.3 Å². The van der Waals surface area contributed by atoms with E-state index in [0.717, 1.165) is 16.9 Å². The summed E-state index contributed by atoms with van der Waals surface area (Å²) in [6.07, 6.45) is 1.90. The molecule has 27 heavy (non-hydrogen) atoms. The molecule has 0 saturated carbocycles. The van der Waals surface area contributed by atoms with Crippen molar-refractivity contribution in [1.29, 1.82) is 0 Å². The first kappa shape index (κ1) is 16.7. The number of aromatic nitrogens is 2. The minimum absolute atomic E-state index is 0.410. The molecular weight excluding hydrogens is 340 g/mol. The van der Waals surface area contributed by atoms with Gasteiger partial charge >= 0.3 is 5.97 Å². The number of carbonyl (C=O) groups is 1. The van der Waals surface area contributed by atoms with Gasteiger partial charge in [0.25, 0.3) is 0 Å². The number of imidazole rings is 1. The quantitative estimate of drug-likeness (QED) is 0.373. The predicted octanol–water partition coefficient (Wildman–Crippen LogP) is 5.20. The fraction of sp³-hybridized carbons (Fsp3) is 0.0476. The van der Waals surface area contributed by atoms with Crippen molar-refractivity contribution >= 4 is 23.1 Å². The van der Waals surface area contributed by atoms with Gasteiger partial charge < -0.3 is 4.74 Å². The zero-order valence-corrected chi connectivity index (χ0v) is 14.6. The Balaban J connectivity index is 1.80. The van der Waals surface area contributed by atoms with Crippen LogP contribution in [0.25, 0.3) is 16.9 Å². The molecule has 6 heteroatoms. The maximum absolute atomic E-state index is 11.7. The van der Waals surface area contributed by atoms with E-state index in [0.29, 0.717) is 17.1 Å². The van der Waals surface area contributed by atoms with Gasteiger partial charge in [-0.05, 0) is 30.3 Å². The van der Waals surface area contributed by atoms with Gasteiger partial charge in [0.2, 0.25) is 0 Å². The van der Waals surface area contributed by atoms with Gasteiger partial charge in [-0.1, -0.05) is 42.5 Å². The zero-order valence-electron chi connectivity index (χ0n) is 14.6. The van der Waals surface area contributed by atoms with Gasteiger partial charge in [0, 0.05) is 11.8 Å². The van der Waals surface area contributed by atoms with Crippen molar-refractivity contribution in [3.63, 3.8) is 0 Å². The van der Waals surface area contributed by atoms with Crippen molar-refractivity contribution < 1.29 is 9.53 Å². The summed E-state index contributed by atoms with van der Waals surface area (Å²) in [5.74, 6) is 0.215. The highest BCUT2D eigenvalue weighted by molar-refractivity contribution is 5.90. The van der Waals surface area contributed by atoms with E-state index in [1.165, 1.54) is 7.11 Å². The lowest BCUT2D eigenvalue weighted by Gasteiger charge is -2.01. The van der Waals surface area contributed by atoms with Crippen LogP contribution in [0.4, 0.5) is 11.5 Å². The summed E-state index contributed by atoms with van der Waals surface area (Å²) in [7, 11) is 1.35. The molecule has 0 atom stereocenters. The minimum atomic E-state index is -0.410. The summed E-state index contributed by atoms with van der Waals surface area (Å²) >= 11 is 0. The minimum Gasteiger partial charge on any atom is -0.465 e.